The van der Waals surface area contributed by atoms with Crippen LogP contribution < -0.4 is 4.90 Å². The molecule has 7 nitrogen and oxygen atoms in total. The minimum absolute atomic E-state index is 0.0177. The van der Waals surface area contributed by atoms with Crippen molar-refractivity contribution in [3.05, 3.63) is 17.5 Å². The van der Waals surface area contributed by atoms with Gasteiger partial charge in [-0.2, -0.15) is 0 Å². The van der Waals surface area contributed by atoms with Crippen LogP contribution in [0.5, 0.6) is 0 Å². The number of aromatic carboxylic acids is 1. The highest BCUT2D eigenvalue weighted by molar-refractivity contribution is 5.94. The second kappa shape index (κ2) is 4.69. The summed E-state index contributed by atoms with van der Waals surface area (Å²) in [5, 5.41) is 17.9. The molecule has 0 aromatic carbocycles. The van der Waals surface area contributed by atoms with Crippen LogP contribution in [0.3, 0.4) is 0 Å². The van der Waals surface area contributed by atoms with Gasteiger partial charge in [0, 0.05) is 31.7 Å². The van der Waals surface area contributed by atoms with E-state index in [2.05, 4.69) is 9.97 Å². The maximum atomic E-state index is 11.7. The number of hydrogen-bond acceptors (Lipinski definition) is 5. The van der Waals surface area contributed by atoms with E-state index in [-0.39, 0.29) is 36.4 Å². The molecule has 2 rings (SSSR count). The Morgan fingerprint density at radius 2 is 2.33 bits per heavy atom. The van der Waals surface area contributed by atoms with E-state index in [1.165, 1.54) is 11.1 Å². The topological polar surface area (TPSA) is 104 Å². The van der Waals surface area contributed by atoms with Gasteiger partial charge in [-0.25, -0.2) is 14.8 Å². The highest BCUT2D eigenvalue weighted by atomic mass is 16.4. The van der Waals surface area contributed by atoms with E-state index in [0.29, 0.717) is 12.2 Å². The van der Waals surface area contributed by atoms with E-state index >= 15 is 0 Å². The quantitative estimate of drug-likeness (QED) is 0.772. The summed E-state index contributed by atoms with van der Waals surface area (Å²) in [5.74, 6) is -1.17. The molecule has 1 aromatic rings. The Morgan fingerprint density at radius 1 is 1.61 bits per heavy atom. The van der Waals surface area contributed by atoms with Crippen LogP contribution in [-0.4, -0.2) is 45.2 Å². The van der Waals surface area contributed by atoms with Crippen molar-refractivity contribution in [2.75, 3.05) is 18.1 Å². The molecule has 2 heterocycles. The second-order valence-electron chi connectivity index (χ2n) is 4.23. The van der Waals surface area contributed by atoms with Crippen LogP contribution in [0.4, 0.5) is 5.95 Å². The molecular formula is C11H13N3O4. The molecule has 1 aliphatic heterocycles. The molecule has 0 spiro atoms. The Morgan fingerprint density at radius 3 is 2.83 bits per heavy atom. The number of carboxylic acid groups (broad SMARTS) is 1. The summed E-state index contributed by atoms with van der Waals surface area (Å²) in [6.07, 6.45) is 1.46. The minimum atomic E-state index is -1.10. The van der Waals surface area contributed by atoms with Crippen LogP contribution in [0.2, 0.25) is 0 Å². The third-order valence-corrected chi connectivity index (χ3v) is 2.90. The first kappa shape index (κ1) is 12.4. The third kappa shape index (κ3) is 2.17. The predicted molar refractivity (Wildman–Crippen MR) is 61.3 cm³/mol. The van der Waals surface area contributed by atoms with Gasteiger partial charge in [-0.05, 0) is 6.92 Å². The van der Waals surface area contributed by atoms with Crippen molar-refractivity contribution in [2.45, 2.75) is 13.3 Å². The highest BCUT2D eigenvalue weighted by Gasteiger charge is 2.32. The zero-order valence-corrected chi connectivity index (χ0v) is 9.83. The van der Waals surface area contributed by atoms with E-state index < -0.39 is 5.97 Å². The van der Waals surface area contributed by atoms with E-state index in [0.717, 1.165) is 0 Å². The number of aliphatic hydroxyl groups excluding tert-OH is 1. The van der Waals surface area contributed by atoms with Crippen molar-refractivity contribution in [3.8, 4) is 0 Å². The molecule has 1 amide bonds. The summed E-state index contributed by atoms with van der Waals surface area (Å²) in [5.41, 5.74) is 0.330. The highest BCUT2D eigenvalue weighted by Crippen LogP contribution is 2.22. The van der Waals surface area contributed by atoms with Gasteiger partial charge < -0.3 is 10.2 Å². The van der Waals surface area contributed by atoms with Gasteiger partial charge in [0.15, 0.2) is 0 Å². The summed E-state index contributed by atoms with van der Waals surface area (Å²) in [6, 6.07) is 0. The number of carbonyl (C=O) groups excluding carboxylic acids is 1. The first-order chi connectivity index (χ1) is 8.52. The molecule has 1 aromatic heterocycles. The number of carboxylic acids is 1. The Labute approximate surface area is 103 Å². The van der Waals surface area contributed by atoms with Crippen molar-refractivity contribution in [3.63, 3.8) is 0 Å². The van der Waals surface area contributed by atoms with E-state index in [1.807, 2.05) is 0 Å². The number of aromatic nitrogens is 2. The molecule has 1 atom stereocenters. The average molecular weight is 251 g/mol. The fourth-order valence-corrected chi connectivity index (χ4v) is 1.89. The summed E-state index contributed by atoms with van der Waals surface area (Å²) in [4.78, 5) is 31.8. The lowest BCUT2D eigenvalue weighted by Gasteiger charge is -2.14. The fourth-order valence-electron chi connectivity index (χ4n) is 1.89. The number of carbonyl (C=O) groups is 2. The van der Waals surface area contributed by atoms with Crippen molar-refractivity contribution < 1.29 is 19.8 Å². The molecule has 1 fully saturated rings. The molecule has 0 saturated carbocycles. The number of amides is 1. The van der Waals surface area contributed by atoms with Gasteiger partial charge in [0.1, 0.15) is 0 Å². The molecule has 0 bridgehead atoms. The van der Waals surface area contributed by atoms with Crippen molar-refractivity contribution >= 4 is 17.8 Å². The van der Waals surface area contributed by atoms with Crippen molar-refractivity contribution in [1.82, 2.24) is 9.97 Å². The first-order valence-electron chi connectivity index (χ1n) is 5.51. The molecule has 1 unspecified atom stereocenters. The maximum absolute atomic E-state index is 11.7. The first-order valence-corrected chi connectivity index (χ1v) is 5.51. The van der Waals surface area contributed by atoms with Gasteiger partial charge in [0.05, 0.1) is 11.3 Å². The number of anilines is 1. The van der Waals surface area contributed by atoms with Crippen LogP contribution in [0.25, 0.3) is 0 Å². The van der Waals surface area contributed by atoms with Gasteiger partial charge in [0.2, 0.25) is 11.9 Å². The molecule has 0 aliphatic carbocycles. The van der Waals surface area contributed by atoms with E-state index in [1.54, 1.807) is 6.92 Å². The Bertz CT molecular complexity index is 503. The van der Waals surface area contributed by atoms with Crippen LogP contribution >= 0.6 is 0 Å². The fraction of sp³-hybridized carbons (Fsp3) is 0.455. The van der Waals surface area contributed by atoms with Gasteiger partial charge >= 0.3 is 5.97 Å². The van der Waals surface area contributed by atoms with E-state index in [4.69, 9.17) is 10.2 Å². The van der Waals surface area contributed by atoms with Gasteiger partial charge in [-0.3, -0.25) is 9.69 Å². The van der Waals surface area contributed by atoms with Gasteiger partial charge in [-0.15, -0.1) is 0 Å². The van der Waals surface area contributed by atoms with E-state index in [9.17, 15) is 9.59 Å². The monoisotopic (exact) mass is 251 g/mol. The zero-order valence-electron chi connectivity index (χ0n) is 9.83. The lowest BCUT2D eigenvalue weighted by molar-refractivity contribution is -0.117. The van der Waals surface area contributed by atoms with Crippen LogP contribution in [-0.2, 0) is 4.79 Å². The average Bonchev–Trinajstić information content (AvgIpc) is 2.70. The van der Waals surface area contributed by atoms with Crippen molar-refractivity contribution in [1.29, 1.82) is 0 Å². The van der Waals surface area contributed by atoms with Crippen LogP contribution in [0.1, 0.15) is 22.5 Å². The molecule has 2 N–H and O–H groups in total. The zero-order chi connectivity index (χ0) is 13.3. The third-order valence-electron chi connectivity index (χ3n) is 2.90. The molecule has 0 radical (unpaired) electrons. The molecule has 1 aliphatic rings. The molecule has 18 heavy (non-hydrogen) atoms. The largest absolute Gasteiger partial charge is 0.478 e. The minimum Gasteiger partial charge on any atom is -0.478 e. The standard InChI is InChI=1S/C11H13N3O4/c1-6-8(10(17)18)3-12-11(13-6)14-4-7(5-15)2-9(14)16/h3,7,15H,2,4-5H2,1H3,(H,17,18). The Balaban J connectivity index is 2.27. The summed E-state index contributed by atoms with van der Waals surface area (Å²) in [6.45, 7) is 1.86. The molecule has 7 heteroatoms. The Kier molecular flexibility index (Phi) is 3.24. The smallest absolute Gasteiger partial charge is 0.339 e. The number of hydrogen-bond donors (Lipinski definition) is 2. The summed E-state index contributed by atoms with van der Waals surface area (Å²) < 4.78 is 0. The number of aryl methyl sites for hydroxylation is 1. The maximum Gasteiger partial charge on any atom is 0.339 e. The number of nitrogens with zero attached hydrogens (tertiary/aromatic N) is 3. The van der Waals surface area contributed by atoms with Crippen molar-refractivity contribution in [2.24, 2.45) is 5.92 Å². The number of rotatable bonds is 3. The molecule has 96 valence electrons. The lowest BCUT2D eigenvalue weighted by Crippen LogP contribution is -2.27. The Hall–Kier alpha value is -2.02. The summed E-state index contributed by atoms with van der Waals surface area (Å²) >= 11 is 0. The molecular weight excluding hydrogens is 238 g/mol. The van der Waals surface area contributed by atoms with Gasteiger partial charge in [0.25, 0.3) is 0 Å². The predicted octanol–water partition coefficient (Wildman–Crippen LogP) is -0.172. The lowest BCUT2D eigenvalue weighted by atomic mass is 10.1. The molecule has 1 saturated heterocycles. The normalized spacial score (nSPS) is 19.3. The number of aliphatic hydroxyl groups is 1. The summed E-state index contributed by atoms with van der Waals surface area (Å²) in [7, 11) is 0. The SMILES string of the molecule is Cc1nc(N2CC(CO)CC2=O)ncc1C(=O)O. The van der Waals surface area contributed by atoms with Crippen LogP contribution in [0, 0.1) is 12.8 Å². The van der Waals surface area contributed by atoms with Crippen LogP contribution in [0.15, 0.2) is 6.20 Å². The second-order valence-corrected chi connectivity index (χ2v) is 4.23. The van der Waals surface area contributed by atoms with Gasteiger partial charge in [-0.1, -0.05) is 0 Å².